The SMILES string of the molecule is C#CCCCC(O)C(OCC)C(C)(C)C. The zero-order chi connectivity index (χ0) is 11.9. The average molecular weight is 212 g/mol. The van der Waals surface area contributed by atoms with E-state index in [1.807, 2.05) is 6.92 Å². The Labute approximate surface area is 94.0 Å². The Balaban J connectivity index is 4.18. The maximum atomic E-state index is 10.0. The summed E-state index contributed by atoms with van der Waals surface area (Å²) in [6.45, 7) is 8.83. The lowest BCUT2D eigenvalue weighted by molar-refractivity contribution is -0.0905. The summed E-state index contributed by atoms with van der Waals surface area (Å²) in [6.07, 6.45) is 6.94. The van der Waals surface area contributed by atoms with Gasteiger partial charge >= 0.3 is 0 Å². The van der Waals surface area contributed by atoms with Crippen LogP contribution in [0.2, 0.25) is 0 Å². The van der Waals surface area contributed by atoms with Gasteiger partial charge in [-0.25, -0.2) is 0 Å². The van der Waals surface area contributed by atoms with Crippen LogP contribution in [0.4, 0.5) is 0 Å². The summed E-state index contributed by atoms with van der Waals surface area (Å²) in [7, 11) is 0. The Hall–Kier alpha value is -0.520. The molecule has 2 unspecified atom stereocenters. The lowest BCUT2D eigenvalue weighted by Crippen LogP contribution is -2.40. The van der Waals surface area contributed by atoms with Crippen molar-refractivity contribution in [2.45, 2.75) is 59.2 Å². The summed E-state index contributed by atoms with van der Waals surface area (Å²) in [5, 5.41) is 10.0. The van der Waals surface area contributed by atoms with E-state index in [1.54, 1.807) is 0 Å². The molecule has 88 valence electrons. The molecule has 0 aliphatic carbocycles. The standard InChI is InChI=1S/C13H24O2/c1-6-8-9-10-11(14)12(15-7-2)13(3,4)5/h1,11-12,14H,7-10H2,2-5H3. The zero-order valence-corrected chi connectivity index (χ0v) is 10.4. The molecule has 15 heavy (non-hydrogen) atoms. The van der Waals surface area contributed by atoms with Gasteiger partial charge in [-0.1, -0.05) is 20.8 Å². The molecule has 1 N–H and O–H groups in total. The first-order chi connectivity index (χ1) is 6.93. The van der Waals surface area contributed by atoms with Crippen molar-refractivity contribution in [3.8, 4) is 12.3 Å². The van der Waals surface area contributed by atoms with E-state index in [4.69, 9.17) is 11.2 Å². The predicted octanol–water partition coefficient (Wildman–Crippen LogP) is 2.60. The smallest absolute Gasteiger partial charge is 0.0881 e. The van der Waals surface area contributed by atoms with Gasteiger partial charge in [0.05, 0.1) is 12.2 Å². The summed E-state index contributed by atoms with van der Waals surface area (Å²) < 4.78 is 5.60. The summed E-state index contributed by atoms with van der Waals surface area (Å²) in [6, 6.07) is 0. The van der Waals surface area contributed by atoms with Gasteiger partial charge in [0.1, 0.15) is 0 Å². The molecule has 0 amide bonds. The van der Waals surface area contributed by atoms with E-state index in [0.717, 1.165) is 12.8 Å². The average Bonchev–Trinajstić information content (AvgIpc) is 2.12. The second-order valence-electron chi connectivity index (χ2n) is 4.91. The van der Waals surface area contributed by atoms with Gasteiger partial charge in [0.2, 0.25) is 0 Å². The predicted molar refractivity (Wildman–Crippen MR) is 63.6 cm³/mol. The van der Waals surface area contributed by atoms with E-state index in [9.17, 15) is 5.11 Å². The van der Waals surface area contributed by atoms with Crippen LogP contribution in [0.1, 0.15) is 47.0 Å². The van der Waals surface area contributed by atoms with Crippen molar-refractivity contribution in [2.75, 3.05) is 6.61 Å². The number of unbranched alkanes of at least 4 members (excludes halogenated alkanes) is 1. The fourth-order valence-corrected chi connectivity index (χ4v) is 1.68. The van der Waals surface area contributed by atoms with Crippen LogP contribution in [0.3, 0.4) is 0 Å². The first kappa shape index (κ1) is 14.5. The Morgan fingerprint density at radius 2 is 2.00 bits per heavy atom. The minimum Gasteiger partial charge on any atom is -0.390 e. The van der Waals surface area contributed by atoms with Crippen molar-refractivity contribution < 1.29 is 9.84 Å². The van der Waals surface area contributed by atoms with E-state index in [1.165, 1.54) is 0 Å². The van der Waals surface area contributed by atoms with E-state index < -0.39 is 6.10 Å². The van der Waals surface area contributed by atoms with Gasteiger partial charge in [0.25, 0.3) is 0 Å². The lowest BCUT2D eigenvalue weighted by atomic mass is 9.84. The number of terminal acetylenes is 1. The van der Waals surface area contributed by atoms with Gasteiger partial charge in [-0.3, -0.25) is 0 Å². The van der Waals surface area contributed by atoms with Crippen LogP contribution in [-0.4, -0.2) is 23.9 Å². The third-order valence-electron chi connectivity index (χ3n) is 2.37. The van der Waals surface area contributed by atoms with Crippen LogP contribution >= 0.6 is 0 Å². The van der Waals surface area contributed by atoms with Gasteiger partial charge in [0, 0.05) is 13.0 Å². The molecule has 0 aliphatic heterocycles. The van der Waals surface area contributed by atoms with Crippen LogP contribution in [0, 0.1) is 17.8 Å². The van der Waals surface area contributed by atoms with Crippen molar-refractivity contribution in [1.29, 1.82) is 0 Å². The van der Waals surface area contributed by atoms with Crippen LogP contribution < -0.4 is 0 Å². The van der Waals surface area contributed by atoms with Crippen LogP contribution in [-0.2, 0) is 4.74 Å². The van der Waals surface area contributed by atoms with E-state index in [0.29, 0.717) is 13.0 Å². The minimum atomic E-state index is -0.418. The first-order valence-corrected chi connectivity index (χ1v) is 5.66. The van der Waals surface area contributed by atoms with Crippen LogP contribution in [0.25, 0.3) is 0 Å². The molecule has 0 aromatic rings. The maximum absolute atomic E-state index is 10.0. The van der Waals surface area contributed by atoms with Gasteiger partial charge in [-0.05, 0) is 25.2 Å². The molecule has 0 fully saturated rings. The molecule has 0 heterocycles. The molecule has 0 saturated heterocycles. The Bertz CT molecular complexity index is 198. The molecule has 0 aromatic heterocycles. The second-order valence-corrected chi connectivity index (χ2v) is 4.91. The number of aliphatic hydroxyl groups excluding tert-OH is 1. The van der Waals surface area contributed by atoms with Gasteiger partial charge < -0.3 is 9.84 Å². The third kappa shape index (κ3) is 5.81. The van der Waals surface area contributed by atoms with Gasteiger partial charge in [0.15, 0.2) is 0 Å². The number of rotatable bonds is 6. The van der Waals surface area contributed by atoms with Crippen molar-refractivity contribution in [3.05, 3.63) is 0 Å². The highest BCUT2D eigenvalue weighted by Crippen LogP contribution is 2.27. The third-order valence-corrected chi connectivity index (χ3v) is 2.37. The quantitative estimate of drug-likeness (QED) is 0.541. The number of aliphatic hydroxyl groups is 1. The molecule has 0 rings (SSSR count). The molecule has 2 atom stereocenters. The molecule has 2 heteroatoms. The topological polar surface area (TPSA) is 29.5 Å². The first-order valence-electron chi connectivity index (χ1n) is 5.66. The number of ether oxygens (including phenoxy) is 1. The van der Waals surface area contributed by atoms with Crippen LogP contribution in [0.15, 0.2) is 0 Å². The molecule has 0 radical (unpaired) electrons. The molecular weight excluding hydrogens is 188 g/mol. The highest BCUT2D eigenvalue weighted by atomic mass is 16.5. The van der Waals surface area contributed by atoms with Crippen molar-refractivity contribution >= 4 is 0 Å². The van der Waals surface area contributed by atoms with Gasteiger partial charge in [-0.2, -0.15) is 0 Å². The normalized spacial score (nSPS) is 15.7. The molecule has 0 aromatic carbocycles. The van der Waals surface area contributed by atoms with E-state index in [-0.39, 0.29) is 11.5 Å². The fourth-order valence-electron chi connectivity index (χ4n) is 1.68. The summed E-state index contributed by atoms with van der Waals surface area (Å²) in [4.78, 5) is 0. The van der Waals surface area contributed by atoms with Gasteiger partial charge in [-0.15, -0.1) is 12.3 Å². The van der Waals surface area contributed by atoms with Crippen molar-refractivity contribution in [2.24, 2.45) is 5.41 Å². The molecule has 0 bridgehead atoms. The minimum absolute atomic E-state index is 0.0361. The second kappa shape index (κ2) is 6.87. The molecule has 0 saturated carbocycles. The summed E-state index contributed by atoms with van der Waals surface area (Å²) in [5.41, 5.74) is -0.0361. The molecular formula is C13H24O2. The maximum Gasteiger partial charge on any atom is 0.0881 e. The van der Waals surface area contributed by atoms with E-state index >= 15 is 0 Å². The van der Waals surface area contributed by atoms with Crippen molar-refractivity contribution in [1.82, 2.24) is 0 Å². The summed E-state index contributed by atoms with van der Waals surface area (Å²) >= 11 is 0. The van der Waals surface area contributed by atoms with E-state index in [2.05, 4.69) is 26.7 Å². The van der Waals surface area contributed by atoms with Crippen molar-refractivity contribution in [3.63, 3.8) is 0 Å². The largest absolute Gasteiger partial charge is 0.390 e. The number of hydrogen-bond donors (Lipinski definition) is 1. The monoisotopic (exact) mass is 212 g/mol. The highest BCUT2D eigenvalue weighted by Gasteiger charge is 2.31. The Kier molecular flexibility index (Phi) is 6.63. The molecule has 0 aliphatic rings. The van der Waals surface area contributed by atoms with Crippen LogP contribution in [0.5, 0.6) is 0 Å². The Morgan fingerprint density at radius 3 is 2.40 bits per heavy atom. The number of hydrogen-bond acceptors (Lipinski definition) is 2. The summed E-state index contributed by atoms with van der Waals surface area (Å²) in [5.74, 6) is 2.58. The fraction of sp³-hybridized carbons (Fsp3) is 0.846. The highest BCUT2D eigenvalue weighted by molar-refractivity contribution is 4.86. The lowest BCUT2D eigenvalue weighted by Gasteiger charge is -2.34. The molecule has 2 nitrogen and oxygen atoms in total. The Morgan fingerprint density at radius 1 is 1.40 bits per heavy atom. The molecule has 0 spiro atoms. The zero-order valence-electron chi connectivity index (χ0n) is 10.4.